The van der Waals surface area contributed by atoms with Crippen molar-refractivity contribution in [2.45, 2.75) is 38.3 Å². The number of amides is 1. The van der Waals surface area contributed by atoms with Crippen LogP contribution in [0, 0.1) is 5.92 Å². The number of aromatic nitrogens is 3. The maximum Gasteiger partial charge on any atom is 0.306 e. The number of hydrogen-bond donors (Lipinski definition) is 2. The molecule has 1 heterocycles. The first kappa shape index (κ1) is 12.5. The van der Waals surface area contributed by atoms with Gasteiger partial charge in [0.25, 0.3) is 0 Å². The quantitative estimate of drug-likeness (QED) is 0.798. The average molecular weight is 252 g/mol. The molecule has 7 nitrogen and oxygen atoms in total. The number of nitrogens with zero attached hydrogens (tertiary/aromatic N) is 3. The van der Waals surface area contributed by atoms with Crippen LogP contribution in [0.4, 0.5) is 0 Å². The summed E-state index contributed by atoms with van der Waals surface area (Å²) in [4.78, 5) is 26.5. The standard InChI is InChI=1S/C11H16N4O3/c1-7(15-6-12-5-13-15)10(16)14-9-3-2-8(4-9)11(17)18/h5-9H,2-4H2,1H3,(H,14,16)(H,17,18)/t7?,8-,9+/m1/s1. The predicted octanol–water partition coefficient (Wildman–Crippen LogP) is 0.209. The summed E-state index contributed by atoms with van der Waals surface area (Å²) in [5.41, 5.74) is 0. The van der Waals surface area contributed by atoms with Crippen LogP contribution in [0.3, 0.4) is 0 Å². The van der Waals surface area contributed by atoms with Crippen molar-refractivity contribution in [1.82, 2.24) is 20.1 Å². The number of rotatable bonds is 4. The van der Waals surface area contributed by atoms with Crippen molar-refractivity contribution in [3.63, 3.8) is 0 Å². The molecule has 2 N–H and O–H groups in total. The molecule has 1 aliphatic rings. The number of carboxylic acids is 1. The van der Waals surface area contributed by atoms with Gasteiger partial charge >= 0.3 is 5.97 Å². The summed E-state index contributed by atoms with van der Waals surface area (Å²) >= 11 is 0. The highest BCUT2D eigenvalue weighted by Crippen LogP contribution is 2.25. The van der Waals surface area contributed by atoms with Crippen LogP contribution in [0.25, 0.3) is 0 Å². The van der Waals surface area contributed by atoms with Crippen LogP contribution < -0.4 is 5.32 Å². The number of carbonyl (C=O) groups is 2. The molecule has 3 atom stereocenters. The molecule has 0 bridgehead atoms. The fraction of sp³-hybridized carbons (Fsp3) is 0.636. The third-order valence-electron chi connectivity index (χ3n) is 3.34. The molecule has 1 fully saturated rings. The minimum Gasteiger partial charge on any atom is -0.481 e. The molecule has 0 aliphatic heterocycles. The highest BCUT2D eigenvalue weighted by Gasteiger charge is 2.31. The zero-order valence-corrected chi connectivity index (χ0v) is 10.1. The number of carbonyl (C=O) groups excluding carboxylic acids is 1. The van der Waals surface area contributed by atoms with Gasteiger partial charge in [0.2, 0.25) is 5.91 Å². The lowest BCUT2D eigenvalue weighted by atomic mass is 10.1. The van der Waals surface area contributed by atoms with E-state index in [4.69, 9.17) is 5.11 Å². The lowest BCUT2D eigenvalue weighted by molar-refractivity contribution is -0.141. The summed E-state index contributed by atoms with van der Waals surface area (Å²) in [6.45, 7) is 1.73. The van der Waals surface area contributed by atoms with Gasteiger partial charge in [-0.2, -0.15) is 5.10 Å². The van der Waals surface area contributed by atoms with E-state index < -0.39 is 12.0 Å². The molecule has 1 amide bonds. The minimum absolute atomic E-state index is 0.0513. The second kappa shape index (κ2) is 5.16. The molecule has 1 saturated carbocycles. The van der Waals surface area contributed by atoms with Gasteiger partial charge in [-0.25, -0.2) is 9.67 Å². The first-order chi connectivity index (χ1) is 8.58. The molecule has 0 aromatic carbocycles. The summed E-state index contributed by atoms with van der Waals surface area (Å²) in [6.07, 6.45) is 4.70. The Labute approximate surface area is 104 Å². The van der Waals surface area contributed by atoms with Crippen LogP contribution in [0.15, 0.2) is 12.7 Å². The topological polar surface area (TPSA) is 97.1 Å². The fourth-order valence-electron chi connectivity index (χ4n) is 2.20. The fourth-order valence-corrected chi connectivity index (χ4v) is 2.20. The van der Waals surface area contributed by atoms with E-state index in [1.165, 1.54) is 17.3 Å². The summed E-state index contributed by atoms with van der Waals surface area (Å²) < 4.78 is 1.47. The molecule has 7 heteroatoms. The summed E-state index contributed by atoms with van der Waals surface area (Å²) in [5.74, 6) is -1.27. The van der Waals surface area contributed by atoms with Crippen LogP contribution in [0.5, 0.6) is 0 Å². The minimum atomic E-state index is -0.781. The normalized spacial score (nSPS) is 24.7. The Kier molecular flexibility index (Phi) is 3.59. The number of nitrogens with one attached hydrogen (secondary N) is 1. The van der Waals surface area contributed by atoms with E-state index in [1.54, 1.807) is 6.92 Å². The third kappa shape index (κ3) is 2.66. The van der Waals surface area contributed by atoms with Crippen LogP contribution in [-0.2, 0) is 9.59 Å². The lowest BCUT2D eigenvalue weighted by Gasteiger charge is -2.16. The zero-order chi connectivity index (χ0) is 13.1. The maximum atomic E-state index is 11.9. The van der Waals surface area contributed by atoms with Crippen molar-refractivity contribution in [3.8, 4) is 0 Å². The molecule has 18 heavy (non-hydrogen) atoms. The molecule has 2 rings (SSSR count). The van der Waals surface area contributed by atoms with Gasteiger partial charge in [0.15, 0.2) is 0 Å². The van der Waals surface area contributed by atoms with E-state index >= 15 is 0 Å². The molecule has 1 aromatic rings. The molecular formula is C11H16N4O3. The van der Waals surface area contributed by atoms with Gasteiger partial charge < -0.3 is 10.4 Å². The first-order valence-corrected chi connectivity index (χ1v) is 5.95. The van der Waals surface area contributed by atoms with Gasteiger partial charge in [-0.15, -0.1) is 0 Å². The second-order valence-electron chi connectivity index (χ2n) is 4.61. The van der Waals surface area contributed by atoms with Crippen LogP contribution in [0.2, 0.25) is 0 Å². The number of hydrogen-bond acceptors (Lipinski definition) is 4. The summed E-state index contributed by atoms with van der Waals surface area (Å²) in [7, 11) is 0. The van der Waals surface area contributed by atoms with E-state index in [1.807, 2.05) is 0 Å². The van der Waals surface area contributed by atoms with Crippen molar-refractivity contribution in [3.05, 3.63) is 12.7 Å². The molecule has 0 radical (unpaired) electrons. The van der Waals surface area contributed by atoms with Gasteiger partial charge in [-0.3, -0.25) is 9.59 Å². The van der Waals surface area contributed by atoms with E-state index in [-0.39, 0.29) is 17.9 Å². The summed E-state index contributed by atoms with van der Waals surface area (Å²) in [6, 6.07) is -0.485. The molecule has 0 spiro atoms. The first-order valence-electron chi connectivity index (χ1n) is 5.95. The second-order valence-corrected chi connectivity index (χ2v) is 4.61. The van der Waals surface area contributed by atoms with Gasteiger partial charge in [-0.1, -0.05) is 0 Å². The number of aliphatic carboxylic acids is 1. The van der Waals surface area contributed by atoms with Crippen LogP contribution in [0.1, 0.15) is 32.2 Å². The van der Waals surface area contributed by atoms with Crippen molar-refractivity contribution in [1.29, 1.82) is 0 Å². The molecular weight excluding hydrogens is 236 g/mol. The van der Waals surface area contributed by atoms with Crippen LogP contribution in [-0.4, -0.2) is 37.8 Å². The Hall–Kier alpha value is -1.92. The zero-order valence-electron chi connectivity index (χ0n) is 10.1. The van der Waals surface area contributed by atoms with Crippen molar-refractivity contribution in [2.24, 2.45) is 5.92 Å². The predicted molar refractivity (Wildman–Crippen MR) is 61.6 cm³/mol. The highest BCUT2D eigenvalue weighted by atomic mass is 16.4. The third-order valence-corrected chi connectivity index (χ3v) is 3.34. The summed E-state index contributed by atoms with van der Waals surface area (Å²) in [5, 5.41) is 15.7. The van der Waals surface area contributed by atoms with Gasteiger partial charge in [0, 0.05) is 6.04 Å². The largest absolute Gasteiger partial charge is 0.481 e. The SMILES string of the molecule is CC(C(=O)N[C@H]1CC[C@@H](C(=O)O)C1)n1cncn1. The smallest absolute Gasteiger partial charge is 0.306 e. The Morgan fingerprint density at radius 3 is 2.83 bits per heavy atom. The molecule has 98 valence electrons. The monoisotopic (exact) mass is 252 g/mol. The Balaban J connectivity index is 1.87. The Morgan fingerprint density at radius 1 is 1.50 bits per heavy atom. The van der Waals surface area contributed by atoms with Gasteiger partial charge in [0.1, 0.15) is 18.7 Å². The van der Waals surface area contributed by atoms with E-state index in [2.05, 4.69) is 15.4 Å². The van der Waals surface area contributed by atoms with E-state index in [9.17, 15) is 9.59 Å². The van der Waals surface area contributed by atoms with E-state index in [0.29, 0.717) is 19.3 Å². The molecule has 1 unspecified atom stereocenters. The number of carboxylic acid groups (broad SMARTS) is 1. The molecule has 0 saturated heterocycles. The average Bonchev–Trinajstić information content (AvgIpc) is 2.98. The van der Waals surface area contributed by atoms with Gasteiger partial charge in [-0.05, 0) is 26.2 Å². The van der Waals surface area contributed by atoms with Crippen molar-refractivity contribution >= 4 is 11.9 Å². The van der Waals surface area contributed by atoms with Crippen molar-refractivity contribution in [2.75, 3.05) is 0 Å². The Bertz CT molecular complexity index is 432. The van der Waals surface area contributed by atoms with E-state index in [0.717, 1.165) is 0 Å². The van der Waals surface area contributed by atoms with Gasteiger partial charge in [0.05, 0.1) is 5.92 Å². The molecule has 1 aromatic heterocycles. The Morgan fingerprint density at radius 2 is 2.28 bits per heavy atom. The van der Waals surface area contributed by atoms with Crippen molar-refractivity contribution < 1.29 is 14.7 Å². The van der Waals surface area contributed by atoms with Crippen LogP contribution >= 0.6 is 0 Å². The molecule has 1 aliphatic carbocycles. The highest BCUT2D eigenvalue weighted by molar-refractivity contribution is 5.80. The lowest BCUT2D eigenvalue weighted by Crippen LogP contribution is -2.38. The maximum absolute atomic E-state index is 11.9.